The average Bonchev–Trinajstić information content (AvgIpc) is 3.13. The maximum Gasteiger partial charge on any atom is 0.251 e. The third-order valence-corrected chi connectivity index (χ3v) is 2.85. The second-order valence-electron chi connectivity index (χ2n) is 4.51. The molecule has 1 aromatic rings. The van der Waals surface area contributed by atoms with E-state index in [0.717, 1.165) is 0 Å². The number of halogens is 3. The fourth-order valence-corrected chi connectivity index (χ4v) is 1.54. The summed E-state index contributed by atoms with van der Waals surface area (Å²) in [6.07, 6.45) is 2.41. The number of hydrogen-bond acceptors (Lipinski definition) is 3. The highest BCUT2D eigenvalue weighted by Crippen LogP contribution is 2.28. The first kappa shape index (κ1) is 13.1. The van der Waals surface area contributed by atoms with Gasteiger partial charge in [0.2, 0.25) is 0 Å². The van der Waals surface area contributed by atoms with Crippen molar-refractivity contribution in [3.05, 3.63) is 23.6 Å². The summed E-state index contributed by atoms with van der Waals surface area (Å²) in [6.45, 7) is 1.50. The van der Waals surface area contributed by atoms with Crippen LogP contribution in [0.3, 0.4) is 0 Å². The van der Waals surface area contributed by atoms with Crippen LogP contribution in [0.2, 0.25) is 0 Å². The van der Waals surface area contributed by atoms with Crippen LogP contribution in [-0.4, -0.2) is 31.8 Å². The monoisotopic (exact) mass is 260 g/mol. The first-order valence-electron chi connectivity index (χ1n) is 5.88. The van der Waals surface area contributed by atoms with E-state index in [1.54, 1.807) is 7.05 Å². The fraction of sp³-hybridized carbons (Fsp3) is 0.583. The van der Waals surface area contributed by atoms with E-state index in [4.69, 9.17) is 4.74 Å². The summed E-state index contributed by atoms with van der Waals surface area (Å²) in [5.41, 5.74) is 0. The number of anilines is 1. The van der Waals surface area contributed by atoms with Gasteiger partial charge in [-0.15, -0.1) is 0 Å². The largest absolute Gasteiger partial charge is 0.379 e. The van der Waals surface area contributed by atoms with Gasteiger partial charge in [0.15, 0.2) is 17.5 Å². The van der Waals surface area contributed by atoms with Crippen molar-refractivity contribution in [1.29, 1.82) is 0 Å². The zero-order chi connectivity index (χ0) is 13.1. The fourth-order valence-electron chi connectivity index (χ4n) is 1.54. The topological polar surface area (TPSA) is 25.4 Å². The molecule has 0 spiro atoms. The molecule has 0 aliphatic heterocycles. The molecule has 0 unspecified atom stereocenters. The molecule has 18 heavy (non-hydrogen) atoms. The Morgan fingerprint density at radius 2 is 2.06 bits per heavy atom. The molecule has 6 heteroatoms. The van der Waals surface area contributed by atoms with Crippen molar-refractivity contribution < 1.29 is 17.9 Å². The van der Waals surface area contributed by atoms with Gasteiger partial charge in [0.05, 0.1) is 6.61 Å². The molecule has 0 N–H and O–H groups in total. The number of rotatable bonds is 6. The molecule has 2 rings (SSSR count). The van der Waals surface area contributed by atoms with E-state index in [1.165, 1.54) is 17.7 Å². The van der Waals surface area contributed by atoms with Gasteiger partial charge in [-0.1, -0.05) is 0 Å². The minimum atomic E-state index is -1.29. The number of likely N-dealkylation sites (N-methyl/N-ethyl adjacent to an activating group) is 1. The molecule has 0 aromatic carbocycles. The number of ether oxygens (including phenoxy) is 1. The Labute approximate surface area is 104 Å². The normalized spacial score (nSPS) is 14.9. The van der Waals surface area contributed by atoms with Crippen molar-refractivity contribution in [3.8, 4) is 0 Å². The van der Waals surface area contributed by atoms with Gasteiger partial charge in [-0.2, -0.15) is 9.37 Å². The van der Waals surface area contributed by atoms with Crippen LogP contribution in [0, 0.1) is 23.5 Å². The number of hydrogen-bond donors (Lipinski definition) is 0. The Hall–Kier alpha value is -1.30. The first-order chi connectivity index (χ1) is 8.58. The van der Waals surface area contributed by atoms with Crippen molar-refractivity contribution >= 4 is 5.82 Å². The minimum Gasteiger partial charge on any atom is -0.379 e. The molecule has 0 bridgehead atoms. The molecular formula is C12H15F3N2O. The summed E-state index contributed by atoms with van der Waals surface area (Å²) in [6, 6.07) is 0.499. The van der Waals surface area contributed by atoms with E-state index >= 15 is 0 Å². The molecule has 1 aliphatic carbocycles. The molecule has 0 amide bonds. The van der Waals surface area contributed by atoms with Gasteiger partial charge < -0.3 is 9.64 Å². The molecule has 0 radical (unpaired) electrons. The smallest absolute Gasteiger partial charge is 0.251 e. The Morgan fingerprint density at radius 1 is 1.33 bits per heavy atom. The van der Waals surface area contributed by atoms with Gasteiger partial charge in [-0.25, -0.2) is 8.78 Å². The SMILES string of the molecule is CN(CCOCC1CC1)c1nc(F)c(F)cc1F. The molecule has 0 atom stereocenters. The van der Waals surface area contributed by atoms with Crippen molar-refractivity contribution in [1.82, 2.24) is 4.98 Å². The molecule has 1 aliphatic rings. The van der Waals surface area contributed by atoms with Gasteiger partial charge in [-0.3, -0.25) is 0 Å². The number of aromatic nitrogens is 1. The van der Waals surface area contributed by atoms with Crippen LogP contribution in [0.25, 0.3) is 0 Å². The van der Waals surface area contributed by atoms with Crippen molar-refractivity contribution in [2.75, 3.05) is 31.7 Å². The van der Waals surface area contributed by atoms with Crippen molar-refractivity contribution in [2.24, 2.45) is 5.92 Å². The summed E-state index contributed by atoms with van der Waals surface area (Å²) < 4.78 is 44.4. The lowest BCUT2D eigenvalue weighted by molar-refractivity contribution is 0.130. The highest BCUT2D eigenvalue weighted by molar-refractivity contribution is 5.38. The Morgan fingerprint density at radius 3 is 2.72 bits per heavy atom. The van der Waals surface area contributed by atoms with Crippen molar-refractivity contribution in [2.45, 2.75) is 12.8 Å². The zero-order valence-electron chi connectivity index (χ0n) is 10.1. The molecule has 100 valence electrons. The minimum absolute atomic E-state index is 0.205. The van der Waals surface area contributed by atoms with E-state index in [-0.39, 0.29) is 5.82 Å². The summed E-state index contributed by atoms with van der Waals surface area (Å²) in [5, 5.41) is 0. The molecule has 1 saturated carbocycles. The molecular weight excluding hydrogens is 245 g/mol. The predicted molar refractivity (Wildman–Crippen MR) is 60.9 cm³/mol. The van der Waals surface area contributed by atoms with E-state index < -0.39 is 17.6 Å². The first-order valence-corrected chi connectivity index (χ1v) is 5.88. The van der Waals surface area contributed by atoms with Gasteiger partial charge in [0, 0.05) is 26.3 Å². The Bertz CT molecular complexity index is 424. The summed E-state index contributed by atoms with van der Waals surface area (Å²) in [7, 11) is 1.56. The van der Waals surface area contributed by atoms with Crippen LogP contribution in [0.4, 0.5) is 19.0 Å². The van der Waals surface area contributed by atoms with Gasteiger partial charge in [0.25, 0.3) is 5.95 Å². The van der Waals surface area contributed by atoms with Crippen LogP contribution >= 0.6 is 0 Å². The molecule has 1 aromatic heterocycles. The van der Waals surface area contributed by atoms with E-state index in [2.05, 4.69) is 4.98 Å². The molecule has 1 fully saturated rings. The lowest BCUT2D eigenvalue weighted by Gasteiger charge is -2.18. The summed E-state index contributed by atoms with van der Waals surface area (Å²) >= 11 is 0. The highest BCUT2D eigenvalue weighted by Gasteiger charge is 2.21. The Balaban J connectivity index is 1.86. The Kier molecular flexibility index (Phi) is 4.06. The third kappa shape index (κ3) is 3.35. The van der Waals surface area contributed by atoms with E-state index in [0.29, 0.717) is 31.7 Å². The summed E-state index contributed by atoms with van der Waals surface area (Å²) in [5.74, 6) is -3.00. The van der Waals surface area contributed by atoms with Crippen LogP contribution in [0.1, 0.15) is 12.8 Å². The van der Waals surface area contributed by atoms with Gasteiger partial charge >= 0.3 is 0 Å². The van der Waals surface area contributed by atoms with Gasteiger partial charge in [0.1, 0.15) is 0 Å². The standard InChI is InChI=1S/C12H15F3N2O/c1-17(4-5-18-7-8-2-3-8)12-10(14)6-9(13)11(15)16-12/h6,8H,2-5,7H2,1H3. The molecule has 3 nitrogen and oxygen atoms in total. The highest BCUT2D eigenvalue weighted by atomic mass is 19.2. The lowest BCUT2D eigenvalue weighted by Crippen LogP contribution is -2.25. The van der Waals surface area contributed by atoms with E-state index in [9.17, 15) is 13.2 Å². The summed E-state index contributed by atoms with van der Waals surface area (Å²) in [4.78, 5) is 4.66. The molecule has 1 heterocycles. The second kappa shape index (κ2) is 5.56. The maximum atomic E-state index is 13.4. The second-order valence-corrected chi connectivity index (χ2v) is 4.51. The van der Waals surface area contributed by atoms with Gasteiger partial charge in [-0.05, 0) is 18.8 Å². The van der Waals surface area contributed by atoms with Crippen LogP contribution < -0.4 is 4.90 Å². The maximum absolute atomic E-state index is 13.4. The average molecular weight is 260 g/mol. The quantitative estimate of drug-likeness (QED) is 0.580. The van der Waals surface area contributed by atoms with Crippen LogP contribution in [-0.2, 0) is 4.74 Å². The zero-order valence-corrected chi connectivity index (χ0v) is 10.1. The molecule has 0 saturated heterocycles. The van der Waals surface area contributed by atoms with Crippen LogP contribution in [0.15, 0.2) is 6.07 Å². The third-order valence-electron chi connectivity index (χ3n) is 2.85. The number of pyridine rings is 1. The van der Waals surface area contributed by atoms with E-state index in [1.807, 2.05) is 0 Å². The van der Waals surface area contributed by atoms with Crippen LogP contribution in [0.5, 0.6) is 0 Å². The number of nitrogens with zero attached hydrogens (tertiary/aromatic N) is 2. The van der Waals surface area contributed by atoms with Crippen molar-refractivity contribution in [3.63, 3.8) is 0 Å². The predicted octanol–water partition coefficient (Wildman–Crippen LogP) is 2.36. The lowest BCUT2D eigenvalue weighted by atomic mass is 10.4.